The van der Waals surface area contributed by atoms with Gasteiger partial charge in [-0.15, -0.1) is 11.7 Å². The molecule has 1 spiro atoms. The number of nitrogens with zero attached hydrogens (tertiary/aromatic N) is 1. The van der Waals surface area contributed by atoms with Crippen LogP contribution in [0.15, 0.2) is 17.9 Å². The van der Waals surface area contributed by atoms with Gasteiger partial charge in [0.15, 0.2) is 5.78 Å². The molecule has 3 rings (SSSR count). The molecule has 1 N–H and O–H groups in total. The summed E-state index contributed by atoms with van der Waals surface area (Å²) in [5.41, 5.74) is 3.61. The summed E-state index contributed by atoms with van der Waals surface area (Å²) in [4.78, 5) is 28.1. The van der Waals surface area contributed by atoms with E-state index in [-0.39, 0.29) is 22.9 Å². The highest BCUT2D eigenvalue weighted by Crippen LogP contribution is 2.46. The van der Waals surface area contributed by atoms with Gasteiger partial charge in [0.1, 0.15) is 0 Å². The van der Waals surface area contributed by atoms with Gasteiger partial charge in [-0.25, -0.2) is 0 Å². The molecule has 0 saturated carbocycles. The number of rotatable bonds is 4. The summed E-state index contributed by atoms with van der Waals surface area (Å²) in [5.74, 6) is 5.88. The van der Waals surface area contributed by atoms with Crippen LogP contribution in [0, 0.1) is 31.1 Å². The second kappa shape index (κ2) is 12.2. The van der Waals surface area contributed by atoms with Crippen LogP contribution < -0.4 is 10.0 Å². The van der Waals surface area contributed by atoms with Crippen LogP contribution in [0.1, 0.15) is 82.6 Å². The third-order valence-corrected chi connectivity index (χ3v) is 7.45. The molecule has 0 aromatic heterocycles. The van der Waals surface area contributed by atoms with Crippen LogP contribution in [0.25, 0.3) is 5.57 Å². The van der Waals surface area contributed by atoms with Crippen molar-refractivity contribution in [2.75, 3.05) is 32.7 Å². The molecular formula is C29H42N2O3. The minimum atomic E-state index is -0.279. The second-order valence-corrected chi connectivity index (χ2v) is 9.75. The molecule has 1 fully saturated rings. The number of quaternary nitrogens is 1. The Labute approximate surface area is 206 Å². The van der Waals surface area contributed by atoms with Gasteiger partial charge < -0.3 is 14.9 Å². The number of carbonyl (C=O) groups excluding carboxylic acids is 2. The predicted octanol–water partition coefficient (Wildman–Crippen LogP) is 2.67. The molecule has 1 amide bonds. The van der Waals surface area contributed by atoms with Crippen molar-refractivity contribution >= 4 is 17.3 Å². The molecule has 1 saturated heterocycles. The van der Waals surface area contributed by atoms with E-state index in [1.54, 1.807) is 23.6 Å². The number of hydrogen-bond donors (Lipinski definition) is 1. The van der Waals surface area contributed by atoms with Gasteiger partial charge in [-0.1, -0.05) is 5.92 Å². The normalized spacial score (nSPS) is 17.3. The molecule has 1 aliphatic heterocycles. The van der Waals surface area contributed by atoms with E-state index in [2.05, 4.69) is 32.6 Å². The summed E-state index contributed by atoms with van der Waals surface area (Å²) < 4.78 is 0. The summed E-state index contributed by atoms with van der Waals surface area (Å²) in [6.45, 7) is 19.0. The molecule has 0 bridgehead atoms. The number of likely N-dealkylation sites (tertiary alicyclic amines) is 1. The van der Waals surface area contributed by atoms with E-state index in [4.69, 9.17) is 0 Å². The Morgan fingerprint density at radius 2 is 1.59 bits per heavy atom. The maximum atomic E-state index is 13.0. The molecule has 2 aliphatic rings. The van der Waals surface area contributed by atoms with E-state index in [1.165, 1.54) is 19.6 Å². The average Bonchev–Trinajstić information content (AvgIpc) is 2.77. The van der Waals surface area contributed by atoms with E-state index in [0.29, 0.717) is 31.5 Å². The fourth-order valence-electron chi connectivity index (χ4n) is 5.33. The monoisotopic (exact) mass is 466 g/mol. The molecular weight excluding hydrogens is 424 g/mol. The molecule has 34 heavy (non-hydrogen) atoms. The molecule has 0 atom stereocenters. The van der Waals surface area contributed by atoms with E-state index < -0.39 is 0 Å². The summed E-state index contributed by atoms with van der Waals surface area (Å²) in [6.07, 6.45) is 2.24. The summed E-state index contributed by atoms with van der Waals surface area (Å²) in [5, 5.41) is 13.0. The molecule has 0 radical (unpaired) electrons. The van der Waals surface area contributed by atoms with E-state index in [1.807, 2.05) is 26.0 Å². The Bertz CT molecular complexity index is 956. The number of ketones is 1. The van der Waals surface area contributed by atoms with Crippen LogP contribution >= 0.6 is 0 Å². The Morgan fingerprint density at radius 1 is 1.06 bits per heavy atom. The quantitative estimate of drug-likeness (QED) is 0.694. The molecule has 1 aromatic carbocycles. The van der Waals surface area contributed by atoms with Crippen LogP contribution in [0.5, 0.6) is 0 Å². The van der Waals surface area contributed by atoms with Gasteiger partial charge in [-0.05, 0) is 95.0 Å². The number of benzene rings is 1. The van der Waals surface area contributed by atoms with E-state index in [9.17, 15) is 14.7 Å². The zero-order valence-corrected chi connectivity index (χ0v) is 22.2. The van der Waals surface area contributed by atoms with Crippen molar-refractivity contribution in [3.8, 4) is 11.8 Å². The predicted molar refractivity (Wildman–Crippen MR) is 136 cm³/mol. The highest BCUT2D eigenvalue weighted by atomic mass is 16.3. The first-order chi connectivity index (χ1) is 16.1. The first-order valence-corrected chi connectivity index (χ1v) is 12.7. The van der Waals surface area contributed by atoms with Crippen molar-refractivity contribution < 1.29 is 19.6 Å². The molecule has 5 nitrogen and oxygen atoms in total. The lowest BCUT2D eigenvalue weighted by Crippen LogP contribution is -3.11. The van der Waals surface area contributed by atoms with Crippen molar-refractivity contribution in [3.05, 3.63) is 40.1 Å². The third-order valence-electron chi connectivity index (χ3n) is 7.45. The second-order valence-electron chi connectivity index (χ2n) is 9.75. The lowest BCUT2D eigenvalue weighted by atomic mass is 9.66. The topological polar surface area (TPSA) is 64.9 Å². The van der Waals surface area contributed by atoms with Crippen LogP contribution in [0.3, 0.4) is 0 Å². The lowest BCUT2D eigenvalue weighted by molar-refractivity contribution is -0.894. The number of Topliss-reactive ketones (excluding diaryl/α,β-unsaturated/α-hetero) is 1. The summed E-state index contributed by atoms with van der Waals surface area (Å²) in [6, 6.07) is 3.89. The number of nitrogens with one attached hydrogen (secondary N) is 1. The van der Waals surface area contributed by atoms with E-state index >= 15 is 0 Å². The van der Waals surface area contributed by atoms with Crippen LogP contribution in [-0.4, -0.2) is 49.3 Å². The Morgan fingerprint density at radius 3 is 1.97 bits per heavy atom. The van der Waals surface area contributed by atoms with Gasteiger partial charge >= 0.3 is 0 Å². The minimum absolute atomic E-state index is 0.0527. The summed E-state index contributed by atoms with van der Waals surface area (Å²) >= 11 is 0. The van der Waals surface area contributed by atoms with Crippen molar-refractivity contribution in [2.45, 2.75) is 74.1 Å². The lowest BCUT2D eigenvalue weighted by Gasteiger charge is -2.46. The Balaban J connectivity index is 0.000000509. The van der Waals surface area contributed by atoms with Crippen molar-refractivity contribution in [2.24, 2.45) is 5.41 Å². The number of aryl methyl sites for hydroxylation is 2. The molecule has 1 heterocycles. The Hall–Kier alpha value is -2.58. The standard InChI is InChI=1S/C23H27NO3.C6H15N/c1-5-6-18-11-15(2)21(16(3)12-18)22-19(26)13-23(14-20(22)27)7-9-24(10-8-23)17(4)25;1-4-7(5-2)6-3/h11-12,26H,7-10,13-14H2,1-4H3;4-6H2,1-3H3. The van der Waals surface area contributed by atoms with Gasteiger partial charge in [-0.3, -0.25) is 9.59 Å². The maximum Gasteiger partial charge on any atom is 0.219 e. The molecule has 0 unspecified atom stereocenters. The van der Waals surface area contributed by atoms with Gasteiger partial charge in [0.05, 0.1) is 19.6 Å². The van der Waals surface area contributed by atoms with Crippen molar-refractivity contribution in [1.82, 2.24) is 4.90 Å². The summed E-state index contributed by atoms with van der Waals surface area (Å²) in [7, 11) is 0. The van der Waals surface area contributed by atoms with Gasteiger partial charge in [-0.2, -0.15) is 0 Å². The number of piperidine rings is 1. The maximum absolute atomic E-state index is 13.0. The SMILES string of the molecule is CC#Cc1cc(C)c(C2=C([O-])CC3(CCN(C(C)=O)CC3)CC2=O)c(C)c1.CC[NH+](CC)CC. The smallest absolute Gasteiger partial charge is 0.219 e. The molecule has 1 aliphatic carbocycles. The van der Waals surface area contributed by atoms with Gasteiger partial charge in [0.2, 0.25) is 5.91 Å². The number of hydrogen-bond acceptors (Lipinski definition) is 3. The molecule has 5 heteroatoms. The molecule has 1 aromatic rings. The van der Waals surface area contributed by atoms with Crippen LogP contribution in [-0.2, 0) is 9.59 Å². The highest BCUT2D eigenvalue weighted by Gasteiger charge is 2.41. The number of allylic oxidation sites excluding steroid dienone is 2. The van der Waals surface area contributed by atoms with Crippen molar-refractivity contribution in [3.63, 3.8) is 0 Å². The zero-order valence-electron chi connectivity index (χ0n) is 22.2. The Kier molecular flexibility index (Phi) is 9.94. The van der Waals surface area contributed by atoms with Gasteiger partial charge in [0, 0.05) is 37.6 Å². The highest BCUT2D eigenvalue weighted by molar-refractivity contribution is 6.23. The number of carbonyl (C=O) groups is 2. The van der Waals surface area contributed by atoms with Crippen LogP contribution in [0.4, 0.5) is 0 Å². The fourth-order valence-corrected chi connectivity index (χ4v) is 5.33. The molecule has 186 valence electrons. The van der Waals surface area contributed by atoms with Crippen molar-refractivity contribution in [1.29, 1.82) is 0 Å². The largest absolute Gasteiger partial charge is 0.875 e. The number of amides is 1. The first-order valence-electron chi connectivity index (χ1n) is 12.7. The third kappa shape index (κ3) is 6.51. The van der Waals surface area contributed by atoms with E-state index in [0.717, 1.165) is 35.1 Å². The minimum Gasteiger partial charge on any atom is -0.875 e. The van der Waals surface area contributed by atoms with Crippen LogP contribution in [0.2, 0.25) is 0 Å². The fraction of sp³-hybridized carbons (Fsp3) is 0.586. The van der Waals surface area contributed by atoms with Gasteiger partial charge in [0.25, 0.3) is 0 Å². The first kappa shape index (κ1) is 27.7. The average molecular weight is 467 g/mol. The zero-order chi connectivity index (χ0) is 25.5.